The zero-order valence-electron chi connectivity index (χ0n) is 16.8. The van der Waals surface area contributed by atoms with Gasteiger partial charge in [0.2, 0.25) is 0 Å². The van der Waals surface area contributed by atoms with Crippen molar-refractivity contribution in [1.29, 1.82) is 0 Å². The zero-order valence-corrected chi connectivity index (χ0v) is 17.5. The summed E-state index contributed by atoms with van der Waals surface area (Å²) in [4.78, 5) is 11.5. The van der Waals surface area contributed by atoms with Crippen LogP contribution in [0, 0.1) is 5.92 Å². The molecule has 0 bridgehead atoms. The second-order valence-electron chi connectivity index (χ2n) is 8.05. The highest BCUT2D eigenvalue weighted by atomic mass is 35.5. The van der Waals surface area contributed by atoms with E-state index in [2.05, 4.69) is 29.6 Å². The standard InChI is InChI=1S/C26H22ClNO3/c27-23-14-18(26(29)30)13-22-20-7-4-8-21(20)24(28-25(22)23)17-9-11-19(12-10-17)31-15-16-5-2-1-3-6-16/h1-7,9-14,20-21,24,28H,8,15H2,(H,29,30)/t20-,21+,24+/m1/s1. The molecule has 0 unspecified atom stereocenters. The van der Waals surface area contributed by atoms with Crippen molar-refractivity contribution < 1.29 is 14.6 Å². The van der Waals surface area contributed by atoms with Crippen LogP contribution in [-0.2, 0) is 6.61 Å². The number of anilines is 1. The monoisotopic (exact) mass is 431 g/mol. The molecule has 0 spiro atoms. The number of allylic oxidation sites excluding steroid dienone is 2. The zero-order chi connectivity index (χ0) is 21.4. The van der Waals surface area contributed by atoms with Gasteiger partial charge in [-0.25, -0.2) is 4.79 Å². The molecule has 3 aromatic carbocycles. The Labute approximate surface area is 186 Å². The number of rotatable bonds is 5. The highest BCUT2D eigenvalue weighted by molar-refractivity contribution is 6.33. The van der Waals surface area contributed by atoms with Gasteiger partial charge in [-0.1, -0.05) is 66.2 Å². The first kappa shape index (κ1) is 19.7. The predicted octanol–water partition coefficient (Wildman–Crippen LogP) is 6.44. The maximum Gasteiger partial charge on any atom is 0.335 e. The van der Waals surface area contributed by atoms with E-state index in [1.165, 1.54) is 6.07 Å². The number of carboxylic acids is 1. The summed E-state index contributed by atoms with van der Waals surface area (Å²) in [5.41, 5.74) is 4.31. The summed E-state index contributed by atoms with van der Waals surface area (Å²) >= 11 is 6.49. The van der Waals surface area contributed by atoms with Crippen molar-refractivity contribution in [3.8, 4) is 5.75 Å². The quantitative estimate of drug-likeness (QED) is 0.456. The van der Waals surface area contributed by atoms with Crippen LogP contribution in [-0.4, -0.2) is 11.1 Å². The minimum absolute atomic E-state index is 0.0869. The van der Waals surface area contributed by atoms with Crippen LogP contribution in [0.2, 0.25) is 5.02 Å². The molecule has 3 atom stereocenters. The van der Waals surface area contributed by atoms with E-state index in [4.69, 9.17) is 16.3 Å². The summed E-state index contributed by atoms with van der Waals surface area (Å²) < 4.78 is 5.92. The minimum Gasteiger partial charge on any atom is -0.489 e. The maximum absolute atomic E-state index is 11.5. The lowest BCUT2D eigenvalue weighted by atomic mass is 9.76. The van der Waals surface area contributed by atoms with E-state index < -0.39 is 5.97 Å². The Kier molecular flexibility index (Phi) is 5.16. The first-order valence-electron chi connectivity index (χ1n) is 10.4. The largest absolute Gasteiger partial charge is 0.489 e. The lowest BCUT2D eigenvalue weighted by Gasteiger charge is -2.38. The molecule has 0 saturated carbocycles. The minimum atomic E-state index is -0.962. The van der Waals surface area contributed by atoms with Crippen molar-refractivity contribution in [2.45, 2.75) is 25.0 Å². The number of benzene rings is 3. The van der Waals surface area contributed by atoms with Gasteiger partial charge in [0, 0.05) is 5.92 Å². The maximum atomic E-state index is 11.5. The van der Waals surface area contributed by atoms with Gasteiger partial charge in [-0.2, -0.15) is 0 Å². The fraction of sp³-hybridized carbons (Fsp3) is 0.192. The highest BCUT2D eigenvalue weighted by Crippen LogP contribution is 2.51. The molecule has 0 saturated heterocycles. The van der Waals surface area contributed by atoms with Crippen LogP contribution in [0.25, 0.3) is 0 Å². The molecule has 5 rings (SSSR count). The molecule has 1 aliphatic heterocycles. The van der Waals surface area contributed by atoms with E-state index in [0.29, 0.717) is 17.5 Å². The third-order valence-electron chi connectivity index (χ3n) is 6.16. The molecule has 5 heteroatoms. The van der Waals surface area contributed by atoms with Gasteiger partial charge in [-0.3, -0.25) is 0 Å². The van der Waals surface area contributed by atoms with Gasteiger partial charge < -0.3 is 15.2 Å². The number of carbonyl (C=O) groups is 1. The van der Waals surface area contributed by atoms with Crippen LogP contribution in [0.1, 0.15) is 45.4 Å². The average molecular weight is 432 g/mol. The average Bonchev–Trinajstić information content (AvgIpc) is 3.29. The Morgan fingerprint density at radius 3 is 2.61 bits per heavy atom. The molecule has 1 heterocycles. The van der Waals surface area contributed by atoms with E-state index in [-0.39, 0.29) is 17.5 Å². The molecule has 156 valence electrons. The molecule has 31 heavy (non-hydrogen) atoms. The summed E-state index contributed by atoms with van der Waals surface area (Å²) in [5.74, 6) is 0.321. The number of halogens is 1. The molecule has 1 aliphatic carbocycles. The Morgan fingerprint density at radius 1 is 1.10 bits per heavy atom. The number of fused-ring (bicyclic) bond motifs is 3. The highest BCUT2D eigenvalue weighted by Gasteiger charge is 2.39. The van der Waals surface area contributed by atoms with Crippen LogP contribution < -0.4 is 10.1 Å². The Hall–Kier alpha value is -3.24. The van der Waals surface area contributed by atoms with Gasteiger partial charge in [-0.15, -0.1) is 0 Å². The normalized spacial score (nSPS) is 21.1. The van der Waals surface area contributed by atoms with Crippen molar-refractivity contribution in [1.82, 2.24) is 0 Å². The fourth-order valence-corrected chi connectivity index (χ4v) is 4.90. The molecule has 0 aromatic heterocycles. The van der Waals surface area contributed by atoms with Gasteiger partial charge >= 0.3 is 5.97 Å². The first-order chi connectivity index (χ1) is 15.1. The van der Waals surface area contributed by atoms with Crippen molar-refractivity contribution in [3.63, 3.8) is 0 Å². The lowest BCUT2D eigenvalue weighted by Crippen LogP contribution is -2.29. The van der Waals surface area contributed by atoms with Gasteiger partial charge in [0.1, 0.15) is 12.4 Å². The molecule has 2 N–H and O–H groups in total. The van der Waals surface area contributed by atoms with Crippen LogP contribution in [0.5, 0.6) is 5.75 Å². The van der Waals surface area contributed by atoms with E-state index in [0.717, 1.165) is 34.5 Å². The summed E-state index contributed by atoms with van der Waals surface area (Å²) in [6.07, 6.45) is 5.29. The molecule has 0 amide bonds. The van der Waals surface area contributed by atoms with Gasteiger partial charge in [0.05, 0.1) is 22.3 Å². The molecule has 0 radical (unpaired) electrons. The SMILES string of the molecule is O=C(O)c1cc(Cl)c2c(c1)[C@@H]1C=CC[C@@H]1[C@H](c1ccc(OCc3ccccc3)cc1)N2. The molecule has 2 aliphatic rings. The van der Waals surface area contributed by atoms with Crippen molar-refractivity contribution in [2.75, 3.05) is 5.32 Å². The van der Waals surface area contributed by atoms with Crippen LogP contribution in [0.15, 0.2) is 78.9 Å². The summed E-state index contributed by atoms with van der Waals surface area (Å²) in [5, 5.41) is 13.5. The van der Waals surface area contributed by atoms with Crippen LogP contribution in [0.3, 0.4) is 0 Å². The number of carboxylic acid groups (broad SMARTS) is 1. The number of hydrogen-bond acceptors (Lipinski definition) is 3. The van der Waals surface area contributed by atoms with Crippen LogP contribution in [0.4, 0.5) is 5.69 Å². The topological polar surface area (TPSA) is 58.6 Å². The summed E-state index contributed by atoms with van der Waals surface area (Å²) in [6, 6.07) is 21.6. The smallest absolute Gasteiger partial charge is 0.335 e. The Balaban J connectivity index is 1.39. The summed E-state index contributed by atoms with van der Waals surface area (Å²) in [7, 11) is 0. The lowest BCUT2D eigenvalue weighted by molar-refractivity contribution is 0.0696. The Bertz CT molecular complexity index is 1140. The van der Waals surface area contributed by atoms with E-state index >= 15 is 0 Å². The Morgan fingerprint density at radius 2 is 1.87 bits per heavy atom. The van der Waals surface area contributed by atoms with Crippen LogP contribution >= 0.6 is 11.6 Å². The van der Waals surface area contributed by atoms with E-state index in [9.17, 15) is 9.90 Å². The van der Waals surface area contributed by atoms with Gasteiger partial charge in [-0.05, 0) is 53.3 Å². The van der Waals surface area contributed by atoms with E-state index in [1.54, 1.807) is 6.07 Å². The van der Waals surface area contributed by atoms with Crippen molar-refractivity contribution >= 4 is 23.3 Å². The molecular formula is C26H22ClNO3. The third-order valence-corrected chi connectivity index (χ3v) is 6.45. The number of hydrogen-bond donors (Lipinski definition) is 2. The van der Waals surface area contributed by atoms with Crippen molar-refractivity contribution in [3.05, 3.63) is 106 Å². The number of nitrogens with one attached hydrogen (secondary N) is 1. The molecule has 4 nitrogen and oxygen atoms in total. The molecule has 0 fully saturated rings. The first-order valence-corrected chi connectivity index (χ1v) is 10.7. The number of ether oxygens (including phenoxy) is 1. The van der Waals surface area contributed by atoms with Crippen molar-refractivity contribution in [2.24, 2.45) is 5.92 Å². The predicted molar refractivity (Wildman–Crippen MR) is 122 cm³/mol. The number of aromatic carboxylic acids is 1. The third kappa shape index (κ3) is 3.79. The molecule has 3 aromatic rings. The van der Waals surface area contributed by atoms with Gasteiger partial charge in [0.25, 0.3) is 0 Å². The summed E-state index contributed by atoms with van der Waals surface area (Å²) in [6.45, 7) is 0.533. The van der Waals surface area contributed by atoms with E-state index in [1.807, 2.05) is 42.5 Å². The second-order valence-corrected chi connectivity index (χ2v) is 8.45. The fourth-order valence-electron chi connectivity index (χ4n) is 4.62. The van der Waals surface area contributed by atoms with Gasteiger partial charge in [0.15, 0.2) is 0 Å². The molecular weight excluding hydrogens is 410 g/mol. The second kappa shape index (κ2) is 8.12.